The van der Waals surface area contributed by atoms with Crippen molar-refractivity contribution in [2.24, 2.45) is 5.92 Å². The molecule has 1 amide bonds. The highest BCUT2D eigenvalue weighted by Crippen LogP contribution is 2.23. The maximum absolute atomic E-state index is 12.1. The minimum Gasteiger partial charge on any atom is -0.354 e. The van der Waals surface area contributed by atoms with Crippen LogP contribution in [0.2, 0.25) is 0 Å². The summed E-state index contributed by atoms with van der Waals surface area (Å²) in [5, 5.41) is 2.84. The molecular formula is C17H28N2O3S. The van der Waals surface area contributed by atoms with Crippen LogP contribution in [0.4, 0.5) is 5.69 Å². The van der Waals surface area contributed by atoms with Crippen molar-refractivity contribution in [2.75, 3.05) is 23.7 Å². The summed E-state index contributed by atoms with van der Waals surface area (Å²) in [7, 11) is -3.40. The lowest BCUT2D eigenvalue weighted by molar-refractivity contribution is -0.125. The number of nitrogens with zero attached hydrogens (tertiary/aromatic N) is 1. The molecule has 0 fully saturated rings. The minimum atomic E-state index is -3.40. The van der Waals surface area contributed by atoms with Crippen molar-refractivity contribution in [3.05, 3.63) is 29.3 Å². The number of carbonyl (C=O) groups is 1. The first-order valence-corrected chi connectivity index (χ1v) is 9.88. The molecular weight excluding hydrogens is 312 g/mol. The van der Waals surface area contributed by atoms with Gasteiger partial charge in [-0.25, -0.2) is 8.42 Å². The van der Waals surface area contributed by atoms with Crippen LogP contribution in [-0.4, -0.2) is 33.7 Å². The smallest absolute Gasteiger partial charge is 0.232 e. The van der Waals surface area contributed by atoms with Crippen LogP contribution in [0.1, 0.15) is 37.8 Å². The molecule has 130 valence electrons. The van der Waals surface area contributed by atoms with Gasteiger partial charge in [-0.15, -0.1) is 0 Å². The summed E-state index contributed by atoms with van der Waals surface area (Å²) in [6.45, 7) is 8.35. The van der Waals surface area contributed by atoms with Gasteiger partial charge in [0.15, 0.2) is 0 Å². The van der Waals surface area contributed by atoms with E-state index in [1.54, 1.807) is 0 Å². The van der Waals surface area contributed by atoms with Crippen LogP contribution in [0.25, 0.3) is 0 Å². The Balaban J connectivity index is 2.84. The first kappa shape index (κ1) is 19.5. The second kappa shape index (κ2) is 8.34. The Hall–Kier alpha value is -1.56. The molecule has 0 saturated heterocycles. The Morgan fingerprint density at radius 2 is 1.83 bits per heavy atom. The highest BCUT2D eigenvalue weighted by molar-refractivity contribution is 7.92. The number of carbonyl (C=O) groups excluding carboxylic acids is 1. The van der Waals surface area contributed by atoms with Gasteiger partial charge in [0.25, 0.3) is 0 Å². The molecule has 1 aromatic carbocycles. The summed E-state index contributed by atoms with van der Waals surface area (Å²) < 4.78 is 25.6. The van der Waals surface area contributed by atoms with Gasteiger partial charge in [-0.3, -0.25) is 9.10 Å². The lowest BCUT2D eigenvalue weighted by Crippen LogP contribution is -2.40. The molecule has 0 heterocycles. The van der Waals surface area contributed by atoms with E-state index in [2.05, 4.69) is 5.32 Å². The van der Waals surface area contributed by atoms with E-state index in [9.17, 15) is 13.2 Å². The number of aryl methyl sites for hydroxylation is 2. The maximum Gasteiger partial charge on any atom is 0.232 e. The van der Waals surface area contributed by atoms with E-state index in [4.69, 9.17) is 0 Å². The molecule has 1 aromatic rings. The van der Waals surface area contributed by atoms with Crippen LogP contribution in [-0.2, 0) is 14.8 Å². The van der Waals surface area contributed by atoms with Crippen LogP contribution in [0.3, 0.4) is 0 Å². The van der Waals surface area contributed by atoms with Crippen molar-refractivity contribution in [1.82, 2.24) is 5.32 Å². The lowest BCUT2D eigenvalue weighted by Gasteiger charge is -2.25. The van der Waals surface area contributed by atoms with Gasteiger partial charge in [-0.2, -0.15) is 0 Å². The molecule has 0 radical (unpaired) electrons. The SMILES string of the molecule is CCC(CC)C(=O)NCCN(c1ccc(C)cc1C)S(C)(=O)=O. The minimum absolute atomic E-state index is 0.0101. The number of amides is 1. The first-order chi connectivity index (χ1) is 10.7. The van der Waals surface area contributed by atoms with Gasteiger partial charge in [0.1, 0.15) is 0 Å². The van der Waals surface area contributed by atoms with Gasteiger partial charge in [0, 0.05) is 12.5 Å². The molecule has 1 rings (SSSR count). The van der Waals surface area contributed by atoms with E-state index in [-0.39, 0.29) is 18.4 Å². The molecule has 6 heteroatoms. The summed E-state index contributed by atoms with van der Waals surface area (Å²) in [6, 6.07) is 5.66. The Morgan fingerprint density at radius 1 is 1.22 bits per heavy atom. The summed E-state index contributed by atoms with van der Waals surface area (Å²) in [5.41, 5.74) is 2.65. The van der Waals surface area contributed by atoms with Crippen molar-refractivity contribution in [3.8, 4) is 0 Å². The van der Waals surface area contributed by atoms with E-state index in [0.717, 1.165) is 24.0 Å². The van der Waals surface area contributed by atoms with E-state index in [1.165, 1.54) is 10.6 Å². The number of benzene rings is 1. The molecule has 0 aliphatic rings. The average molecular weight is 340 g/mol. The van der Waals surface area contributed by atoms with E-state index in [0.29, 0.717) is 12.2 Å². The fraction of sp³-hybridized carbons (Fsp3) is 0.588. The number of hydrogen-bond donors (Lipinski definition) is 1. The number of rotatable bonds is 8. The molecule has 0 aliphatic heterocycles. The Bertz CT molecular complexity index is 637. The lowest BCUT2D eigenvalue weighted by atomic mass is 10.0. The highest BCUT2D eigenvalue weighted by atomic mass is 32.2. The molecule has 0 bridgehead atoms. The number of nitrogens with one attached hydrogen (secondary N) is 1. The molecule has 1 N–H and O–H groups in total. The van der Waals surface area contributed by atoms with E-state index >= 15 is 0 Å². The summed E-state index contributed by atoms with van der Waals surface area (Å²) in [6.07, 6.45) is 2.76. The van der Waals surface area contributed by atoms with Gasteiger partial charge in [0.2, 0.25) is 15.9 Å². The van der Waals surface area contributed by atoms with Crippen LogP contribution >= 0.6 is 0 Å². The number of hydrogen-bond acceptors (Lipinski definition) is 3. The third-order valence-corrected chi connectivity index (χ3v) is 5.17. The predicted octanol–water partition coefficient (Wildman–Crippen LogP) is 2.62. The Labute approximate surface area is 140 Å². The van der Waals surface area contributed by atoms with Crippen LogP contribution < -0.4 is 9.62 Å². The van der Waals surface area contributed by atoms with Gasteiger partial charge < -0.3 is 5.32 Å². The predicted molar refractivity (Wildman–Crippen MR) is 95.2 cm³/mol. The monoisotopic (exact) mass is 340 g/mol. The first-order valence-electron chi connectivity index (χ1n) is 8.03. The normalized spacial score (nSPS) is 11.6. The van der Waals surface area contributed by atoms with Crippen molar-refractivity contribution in [2.45, 2.75) is 40.5 Å². The highest BCUT2D eigenvalue weighted by Gasteiger charge is 2.20. The summed E-state index contributed by atoms with van der Waals surface area (Å²) in [4.78, 5) is 12.0. The molecule has 0 unspecified atom stereocenters. The Morgan fingerprint density at radius 3 is 2.30 bits per heavy atom. The topological polar surface area (TPSA) is 66.5 Å². The van der Waals surface area contributed by atoms with Crippen molar-refractivity contribution < 1.29 is 13.2 Å². The van der Waals surface area contributed by atoms with Crippen molar-refractivity contribution in [1.29, 1.82) is 0 Å². The zero-order valence-corrected chi connectivity index (χ0v) is 15.5. The second-order valence-electron chi connectivity index (χ2n) is 5.93. The third-order valence-electron chi connectivity index (χ3n) is 3.99. The van der Waals surface area contributed by atoms with Crippen LogP contribution in [0, 0.1) is 19.8 Å². The quantitative estimate of drug-likeness (QED) is 0.791. The Kier molecular flexibility index (Phi) is 7.06. The number of sulfonamides is 1. The molecule has 0 spiro atoms. The molecule has 5 nitrogen and oxygen atoms in total. The average Bonchev–Trinajstić information content (AvgIpc) is 2.45. The maximum atomic E-state index is 12.1. The fourth-order valence-electron chi connectivity index (χ4n) is 2.63. The standard InChI is InChI=1S/C17H28N2O3S/c1-6-15(7-2)17(20)18-10-11-19(23(5,21)22)16-9-8-13(3)12-14(16)4/h8-9,12,15H,6-7,10-11H2,1-5H3,(H,18,20). The summed E-state index contributed by atoms with van der Waals surface area (Å²) >= 11 is 0. The van der Waals surface area contributed by atoms with Gasteiger partial charge in [-0.1, -0.05) is 31.5 Å². The molecule has 0 aromatic heterocycles. The van der Waals surface area contributed by atoms with Crippen molar-refractivity contribution in [3.63, 3.8) is 0 Å². The zero-order chi connectivity index (χ0) is 17.6. The number of anilines is 1. The van der Waals surface area contributed by atoms with Crippen LogP contribution in [0.5, 0.6) is 0 Å². The molecule has 0 aliphatic carbocycles. The van der Waals surface area contributed by atoms with Gasteiger partial charge >= 0.3 is 0 Å². The van der Waals surface area contributed by atoms with E-state index < -0.39 is 10.0 Å². The largest absolute Gasteiger partial charge is 0.354 e. The zero-order valence-electron chi connectivity index (χ0n) is 14.7. The van der Waals surface area contributed by atoms with E-state index in [1.807, 2.05) is 45.9 Å². The van der Waals surface area contributed by atoms with Gasteiger partial charge in [-0.05, 0) is 38.3 Å². The molecule has 0 saturated carbocycles. The van der Waals surface area contributed by atoms with Gasteiger partial charge in [0.05, 0.1) is 18.5 Å². The molecule has 0 atom stereocenters. The summed E-state index contributed by atoms with van der Waals surface area (Å²) in [5.74, 6) is -0.0214. The van der Waals surface area contributed by atoms with Crippen molar-refractivity contribution >= 4 is 21.6 Å². The second-order valence-corrected chi connectivity index (χ2v) is 7.84. The van der Waals surface area contributed by atoms with Crippen LogP contribution in [0.15, 0.2) is 18.2 Å². The fourth-order valence-corrected chi connectivity index (χ4v) is 3.62. The molecule has 23 heavy (non-hydrogen) atoms. The third kappa shape index (κ3) is 5.53.